The first-order chi connectivity index (χ1) is 13.1. The molecular weight excluding hydrogens is 341 g/mol. The Bertz CT molecular complexity index is 942. The lowest BCUT2D eigenvalue weighted by molar-refractivity contribution is 0.0938. The van der Waals surface area contributed by atoms with Crippen LogP contribution in [-0.4, -0.2) is 35.0 Å². The Labute approximate surface area is 158 Å². The smallest absolute Gasteiger partial charge is 0.251 e. The van der Waals surface area contributed by atoms with E-state index in [1.54, 1.807) is 0 Å². The standard InChI is InChI=1S/C22H24FN3O/c1-25-13-10-17-4-5-18(14-20(17)25)22(27)24-15-21(26-11-2-3-12-26)16-6-8-19(23)9-7-16/h4-10,13-14,21H,2-3,11-12,15H2,1H3,(H,24,27)/t21-/m0/s1. The van der Waals surface area contributed by atoms with Crippen LogP contribution in [0.15, 0.2) is 54.7 Å². The van der Waals surface area contributed by atoms with Crippen LogP contribution < -0.4 is 5.32 Å². The molecule has 2 heterocycles. The molecule has 0 bridgehead atoms. The van der Waals surface area contributed by atoms with E-state index < -0.39 is 0 Å². The van der Waals surface area contributed by atoms with Gasteiger partial charge in [0.05, 0.1) is 6.04 Å². The zero-order valence-corrected chi connectivity index (χ0v) is 15.5. The zero-order chi connectivity index (χ0) is 18.8. The highest BCUT2D eigenvalue weighted by atomic mass is 19.1. The van der Waals surface area contributed by atoms with Gasteiger partial charge in [-0.1, -0.05) is 18.2 Å². The molecule has 0 spiro atoms. The second kappa shape index (κ2) is 7.53. The Kier molecular flexibility index (Phi) is 4.94. The van der Waals surface area contributed by atoms with Crippen molar-refractivity contribution < 1.29 is 9.18 Å². The molecule has 1 fully saturated rings. The van der Waals surface area contributed by atoms with E-state index in [1.807, 2.05) is 54.2 Å². The molecule has 1 saturated heterocycles. The molecule has 1 aliphatic rings. The van der Waals surface area contributed by atoms with Crippen molar-refractivity contribution in [2.45, 2.75) is 18.9 Å². The number of likely N-dealkylation sites (tertiary alicyclic amines) is 1. The van der Waals surface area contributed by atoms with Gasteiger partial charge in [0, 0.05) is 30.9 Å². The van der Waals surface area contributed by atoms with Crippen molar-refractivity contribution in [2.75, 3.05) is 19.6 Å². The van der Waals surface area contributed by atoms with E-state index in [4.69, 9.17) is 0 Å². The number of hydrogen-bond acceptors (Lipinski definition) is 2. The van der Waals surface area contributed by atoms with Gasteiger partial charge >= 0.3 is 0 Å². The van der Waals surface area contributed by atoms with Gasteiger partial charge in [0.1, 0.15) is 5.82 Å². The van der Waals surface area contributed by atoms with Gasteiger partial charge in [0.25, 0.3) is 5.91 Å². The fourth-order valence-corrected chi connectivity index (χ4v) is 3.89. The van der Waals surface area contributed by atoms with Gasteiger partial charge in [0.15, 0.2) is 0 Å². The molecule has 4 nitrogen and oxygen atoms in total. The third-order valence-corrected chi connectivity index (χ3v) is 5.44. The summed E-state index contributed by atoms with van der Waals surface area (Å²) in [6, 6.07) is 14.5. The molecule has 1 N–H and O–H groups in total. The van der Waals surface area contributed by atoms with E-state index in [0.717, 1.165) is 42.4 Å². The first-order valence-corrected chi connectivity index (χ1v) is 9.44. The van der Waals surface area contributed by atoms with Gasteiger partial charge in [-0.25, -0.2) is 4.39 Å². The third-order valence-electron chi connectivity index (χ3n) is 5.44. The van der Waals surface area contributed by atoms with Crippen LogP contribution in [0.25, 0.3) is 10.9 Å². The lowest BCUT2D eigenvalue weighted by Gasteiger charge is -2.28. The lowest BCUT2D eigenvalue weighted by atomic mass is 10.0. The number of fused-ring (bicyclic) bond motifs is 1. The van der Waals surface area contributed by atoms with Crippen molar-refractivity contribution in [2.24, 2.45) is 7.05 Å². The number of aryl methyl sites for hydroxylation is 1. The number of aromatic nitrogens is 1. The molecule has 4 rings (SSSR count). The number of nitrogens with zero attached hydrogens (tertiary/aromatic N) is 2. The summed E-state index contributed by atoms with van der Waals surface area (Å²) in [5.74, 6) is -0.316. The lowest BCUT2D eigenvalue weighted by Crippen LogP contribution is -2.36. The molecular formula is C22H24FN3O. The van der Waals surface area contributed by atoms with Crippen LogP contribution in [0.3, 0.4) is 0 Å². The first-order valence-electron chi connectivity index (χ1n) is 9.44. The second-order valence-electron chi connectivity index (χ2n) is 7.22. The quantitative estimate of drug-likeness (QED) is 0.745. The van der Waals surface area contributed by atoms with Crippen LogP contribution in [0.5, 0.6) is 0 Å². The molecule has 2 aromatic carbocycles. The predicted molar refractivity (Wildman–Crippen MR) is 105 cm³/mol. The van der Waals surface area contributed by atoms with Crippen molar-refractivity contribution in [3.05, 3.63) is 71.7 Å². The van der Waals surface area contributed by atoms with Gasteiger partial charge < -0.3 is 9.88 Å². The Hall–Kier alpha value is -2.66. The summed E-state index contributed by atoms with van der Waals surface area (Å²) in [6.45, 7) is 2.52. The van der Waals surface area contributed by atoms with Crippen molar-refractivity contribution >= 4 is 16.8 Å². The van der Waals surface area contributed by atoms with Crippen LogP contribution in [-0.2, 0) is 7.05 Å². The number of amides is 1. The molecule has 3 aromatic rings. The topological polar surface area (TPSA) is 37.3 Å². The molecule has 0 aliphatic carbocycles. The Morgan fingerprint density at radius 1 is 1.11 bits per heavy atom. The summed E-state index contributed by atoms with van der Waals surface area (Å²) in [4.78, 5) is 15.1. The molecule has 140 valence electrons. The van der Waals surface area contributed by atoms with E-state index >= 15 is 0 Å². The number of halogens is 1. The Morgan fingerprint density at radius 2 is 1.85 bits per heavy atom. The second-order valence-corrected chi connectivity index (χ2v) is 7.22. The summed E-state index contributed by atoms with van der Waals surface area (Å²) in [7, 11) is 1.97. The maximum absolute atomic E-state index is 13.3. The monoisotopic (exact) mass is 365 g/mol. The van der Waals surface area contributed by atoms with Crippen LogP contribution in [0, 0.1) is 5.82 Å². The SMILES string of the molecule is Cn1ccc2ccc(C(=O)NC[C@@H](c3ccc(F)cc3)N3CCCC3)cc21. The maximum Gasteiger partial charge on any atom is 0.251 e. The molecule has 1 aromatic heterocycles. The number of benzene rings is 2. The fraction of sp³-hybridized carbons (Fsp3) is 0.318. The van der Waals surface area contributed by atoms with Crippen LogP contribution in [0.2, 0.25) is 0 Å². The third kappa shape index (κ3) is 3.74. The molecule has 5 heteroatoms. The number of hydrogen-bond donors (Lipinski definition) is 1. The van der Waals surface area contributed by atoms with Crippen LogP contribution in [0.1, 0.15) is 34.8 Å². The number of carbonyl (C=O) groups is 1. The van der Waals surface area contributed by atoms with Crippen molar-refractivity contribution in [3.63, 3.8) is 0 Å². The average Bonchev–Trinajstić information content (AvgIpc) is 3.33. The van der Waals surface area contributed by atoms with E-state index in [2.05, 4.69) is 10.2 Å². The summed E-state index contributed by atoms with van der Waals surface area (Å²) in [5, 5.41) is 4.20. The Morgan fingerprint density at radius 3 is 2.59 bits per heavy atom. The Balaban J connectivity index is 1.51. The molecule has 27 heavy (non-hydrogen) atoms. The minimum Gasteiger partial charge on any atom is -0.351 e. The molecule has 1 aliphatic heterocycles. The highest BCUT2D eigenvalue weighted by Crippen LogP contribution is 2.25. The zero-order valence-electron chi connectivity index (χ0n) is 15.5. The minimum absolute atomic E-state index is 0.0656. The van der Waals surface area contributed by atoms with E-state index in [0.29, 0.717) is 12.1 Å². The molecule has 0 unspecified atom stereocenters. The van der Waals surface area contributed by atoms with Crippen molar-refractivity contribution in [1.29, 1.82) is 0 Å². The van der Waals surface area contributed by atoms with Crippen LogP contribution >= 0.6 is 0 Å². The van der Waals surface area contributed by atoms with Gasteiger partial charge in [-0.3, -0.25) is 9.69 Å². The molecule has 0 radical (unpaired) electrons. The molecule has 0 saturated carbocycles. The van der Waals surface area contributed by atoms with E-state index in [-0.39, 0.29) is 17.8 Å². The highest BCUT2D eigenvalue weighted by molar-refractivity contribution is 5.98. The van der Waals surface area contributed by atoms with Gasteiger partial charge in [0.2, 0.25) is 0 Å². The normalized spacial score (nSPS) is 15.9. The fourth-order valence-electron chi connectivity index (χ4n) is 3.89. The number of carbonyl (C=O) groups excluding carboxylic acids is 1. The summed E-state index contributed by atoms with van der Waals surface area (Å²) in [5.41, 5.74) is 2.73. The van der Waals surface area contributed by atoms with E-state index in [1.165, 1.54) is 12.1 Å². The molecule has 1 amide bonds. The first kappa shape index (κ1) is 17.7. The summed E-state index contributed by atoms with van der Waals surface area (Å²) >= 11 is 0. The van der Waals surface area contributed by atoms with Crippen molar-refractivity contribution in [1.82, 2.24) is 14.8 Å². The average molecular weight is 365 g/mol. The molecule has 1 atom stereocenters. The number of rotatable bonds is 5. The minimum atomic E-state index is -0.237. The largest absolute Gasteiger partial charge is 0.351 e. The maximum atomic E-state index is 13.3. The van der Waals surface area contributed by atoms with E-state index in [9.17, 15) is 9.18 Å². The summed E-state index contributed by atoms with van der Waals surface area (Å²) < 4.78 is 15.3. The van der Waals surface area contributed by atoms with Crippen LogP contribution in [0.4, 0.5) is 4.39 Å². The number of nitrogens with one attached hydrogen (secondary N) is 1. The predicted octanol–water partition coefficient (Wildman–Crippen LogP) is 3.88. The van der Waals surface area contributed by atoms with Crippen molar-refractivity contribution in [3.8, 4) is 0 Å². The van der Waals surface area contributed by atoms with Gasteiger partial charge in [-0.2, -0.15) is 0 Å². The summed E-state index contributed by atoms with van der Waals surface area (Å²) in [6.07, 6.45) is 4.32. The van der Waals surface area contributed by atoms with Gasteiger partial charge in [-0.15, -0.1) is 0 Å². The van der Waals surface area contributed by atoms with Gasteiger partial charge in [-0.05, 0) is 67.2 Å². The highest BCUT2D eigenvalue weighted by Gasteiger charge is 2.24.